The van der Waals surface area contributed by atoms with Crippen LogP contribution in [0.4, 0.5) is 4.39 Å². The summed E-state index contributed by atoms with van der Waals surface area (Å²) in [5.74, 6) is 2.38. The lowest BCUT2D eigenvalue weighted by Crippen LogP contribution is -1.83. The zero-order valence-electron chi connectivity index (χ0n) is 7.71. The van der Waals surface area contributed by atoms with E-state index in [1.807, 2.05) is 25.1 Å². The van der Waals surface area contributed by atoms with Crippen LogP contribution in [-0.2, 0) is 0 Å². The zero-order valence-corrected chi connectivity index (χ0v) is 7.71. The minimum atomic E-state index is 0.677. The number of pyridine rings is 1. The summed E-state index contributed by atoms with van der Waals surface area (Å²) in [7, 11) is 0. The fraction of sp³-hybridized carbons (Fsp3) is 0.0833. The molecule has 0 atom stereocenters. The molecule has 14 heavy (non-hydrogen) atoms. The second-order valence-electron chi connectivity index (χ2n) is 3.08. The van der Waals surface area contributed by atoms with Gasteiger partial charge < -0.3 is 0 Å². The van der Waals surface area contributed by atoms with Crippen molar-refractivity contribution in [3.8, 4) is 12.1 Å². The maximum absolute atomic E-state index is 11.8. The first-order chi connectivity index (χ1) is 6.81. The SMILES string of the molecule is Cc1ccnc2ccc(C#CF)cc12. The van der Waals surface area contributed by atoms with Crippen molar-refractivity contribution < 1.29 is 4.39 Å². The quantitative estimate of drug-likeness (QED) is 0.575. The van der Waals surface area contributed by atoms with Gasteiger partial charge in [0, 0.05) is 17.1 Å². The molecule has 0 aliphatic carbocycles. The molecule has 1 aromatic heterocycles. The minimum Gasteiger partial charge on any atom is -0.256 e. The van der Waals surface area contributed by atoms with Crippen LogP contribution in [0.2, 0.25) is 0 Å². The molecule has 0 aliphatic rings. The number of hydrogen-bond donors (Lipinski definition) is 0. The monoisotopic (exact) mass is 185 g/mol. The van der Waals surface area contributed by atoms with Crippen molar-refractivity contribution in [3.05, 3.63) is 41.6 Å². The Morgan fingerprint density at radius 1 is 1.29 bits per heavy atom. The molecule has 1 heterocycles. The average molecular weight is 185 g/mol. The fourth-order valence-electron chi connectivity index (χ4n) is 1.42. The maximum Gasteiger partial charge on any atom is 0.111 e. The molecule has 0 aliphatic heterocycles. The zero-order chi connectivity index (χ0) is 9.97. The molecule has 1 aromatic carbocycles. The van der Waals surface area contributed by atoms with Crippen molar-refractivity contribution in [1.29, 1.82) is 0 Å². The molecule has 0 amide bonds. The first-order valence-corrected chi connectivity index (χ1v) is 4.28. The van der Waals surface area contributed by atoms with Crippen molar-refractivity contribution >= 4 is 10.9 Å². The van der Waals surface area contributed by atoms with E-state index in [4.69, 9.17) is 0 Å². The van der Waals surface area contributed by atoms with E-state index in [0.29, 0.717) is 5.56 Å². The van der Waals surface area contributed by atoms with Crippen LogP contribution in [0.3, 0.4) is 0 Å². The third-order valence-electron chi connectivity index (χ3n) is 2.15. The van der Waals surface area contributed by atoms with Crippen LogP contribution < -0.4 is 0 Å². The lowest BCUT2D eigenvalue weighted by molar-refractivity contribution is 0.774. The number of aryl methyl sites for hydroxylation is 1. The minimum absolute atomic E-state index is 0.677. The second kappa shape index (κ2) is 3.47. The molecule has 2 heteroatoms. The van der Waals surface area contributed by atoms with E-state index in [9.17, 15) is 4.39 Å². The Morgan fingerprint density at radius 3 is 2.93 bits per heavy atom. The highest BCUT2D eigenvalue weighted by atomic mass is 19.1. The van der Waals surface area contributed by atoms with Gasteiger partial charge in [0.25, 0.3) is 0 Å². The molecule has 1 nitrogen and oxygen atoms in total. The van der Waals surface area contributed by atoms with Crippen molar-refractivity contribution in [2.75, 3.05) is 0 Å². The summed E-state index contributed by atoms with van der Waals surface area (Å²) >= 11 is 0. The number of halogens is 1. The van der Waals surface area contributed by atoms with Crippen molar-refractivity contribution in [1.82, 2.24) is 4.98 Å². The summed E-state index contributed by atoms with van der Waals surface area (Å²) in [6, 6.07) is 7.39. The van der Waals surface area contributed by atoms with Crippen LogP contribution in [-0.4, -0.2) is 4.98 Å². The van der Waals surface area contributed by atoms with E-state index in [1.54, 1.807) is 12.3 Å². The molecule has 0 saturated carbocycles. The Kier molecular flexibility index (Phi) is 2.16. The van der Waals surface area contributed by atoms with Gasteiger partial charge in [-0.3, -0.25) is 4.98 Å². The first kappa shape index (κ1) is 8.71. The lowest BCUT2D eigenvalue weighted by Gasteiger charge is -2.00. The molecule has 0 saturated heterocycles. The number of rotatable bonds is 0. The molecule has 0 unspecified atom stereocenters. The molecule has 0 N–H and O–H groups in total. The Hall–Kier alpha value is -1.88. The summed E-state index contributed by atoms with van der Waals surface area (Å²) in [4.78, 5) is 4.20. The van der Waals surface area contributed by atoms with Crippen LogP contribution in [0.1, 0.15) is 11.1 Å². The molecular formula is C12H8FN. The summed E-state index contributed by atoms with van der Waals surface area (Å²) in [6.45, 7) is 2.00. The summed E-state index contributed by atoms with van der Waals surface area (Å²) in [5.41, 5.74) is 2.71. The molecule has 2 aromatic rings. The normalized spacial score (nSPS) is 9.57. The van der Waals surface area contributed by atoms with Crippen molar-refractivity contribution in [3.63, 3.8) is 0 Å². The second-order valence-corrected chi connectivity index (χ2v) is 3.08. The third kappa shape index (κ3) is 1.45. The smallest absolute Gasteiger partial charge is 0.111 e. The Labute approximate surface area is 81.6 Å². The topological polar surface area (TPSA) is 12.9 Å². The number of nitrogens with zero attached hydrogens (tertiary/aromatic N) is 1. The van der Waals surface area contributed by atoms with E-state index >= 15 is 0 Å². The molecule has 68 valence electrons. The van der Waals surface area contributed by atoms with Crippen molar-refractivity contribution in [2.24, 2.45) is 0 Å². The van der Waals surface area contributed by atoms with Gasteiger partial charge in [-0.25, -0.2) is 0 Å². The number of fused-ring (bicyclic) bond motifs is 1. The van der Waals surface area contributed by atoms with Gasteiger partial charge in [-0.1, -0.05) is 0 Å². The lowest BCUT2D eigenvalue weighted by atomic mass is 10.1. The van der Waals surface area contributed by atoms with Crippen LogP contribution in [0.5, 0.6) is 0 Å². The largest absolute Gasteiger partial charge is 0.256 e. The van der Waals surface area contributed by atoms with E-state index in [2.05, 4.69) is 10.9 Å². The van der Waals surface area contributed by atoms with Crippen LogP contribution in [0, 0.1) is 19.0 Å². The van der Waals surface area contributed by atoms with Gasteiger partial charge in [0.1, 0.15) is 6.17 Å². The maximum atomic E-state index is 11.8. The molecule has 0 fully saturated rings. The van der Waals surface area contributed by atoms with Crippen molar-refractivity contribution in [2.45, 2.75) is 6.92 Å². The fourth-order valence-corrected chi connectivity index (χ4v) is 1.42. The molecule has 0 radical (unpaired) electrons. The van der Waals surface area contributed by atoms with E-state index in [1.165, 1.54) is 6.17 Å². The van der Waals surface area contributed by atoms with Gasteiger partial charge >= 0.3 is 0 Å². The highest BCUT2D eigenvalue weighted by Gasteiger charge is 1.98. The highest BCUT2D eigenvalue weighted by Crippen LogP contribution is 2.16. The Balaban J connectivity index is 2.73. The van der Waals surface area contributed by atoms with Gasteiger partial charge in [-0.15, -0.1) is 4.39 Å². The summed E-state index contributed by atoms with van der Waals surface area (Å²) in [5, 5.41) is 1.02. The predicted molar refractivity (Wildman–Crippen MR) is 54.5 cm³/mol. The van der Waals surface area contributed by atoms with Gasteiger partial charge in [0.2, 0.25) is 0 Å². The Morgan fingerprint density at radius 2 is 2.14 bits per heavy atom. The van der Waals surface area contributed by atoms with E-state index in [-0.39, 0.29) is 0 Å². The van der Waals surface area contributed by atoms with Gasteiger partial charge in [0.05, 0.1) is 5.52 Å². The third-order valence-corrected chi connectivity index (χ3v) is 2.15. The van der Waals surface area contributed by atoms with Crippen LogP contribution in [0.25, 0.3) is 10.9 Å². The molecular weight excluding hydrogens is 177 g/mol. The van der Waals surface area contributed by atoms with E-state index < -0.39 is 0 Å². The standard InChI is InChI=1S/C12H8FN/c1-9-5-7-14-12-3-2-10(4-6-13)8-11(9)12/h2-3,5,7-8H,1H3. The number of hydrogen-bond acceptors (Lipinski definition) is 1. The molecule has 2 rings (SSSR count). The van der Waals surface area contributed by atoms with Gasteiger partial charge in [-0.2, -0.15) is 0 Å². The number of benzene rings is 1. The van der Waals surface area contributed by atoms with Gasteiger partial charge in [-0.05, 0) is 42.7 Å². The predicted octanol–water partition coefficient (Wildman–Crippen LogP) is 2.82. The van der Waals surface area contributed by atoms with Crippen LogP contribution in [0.15, 0.2) is 30.5 Å². The van der Waals surface area contributed by atoms with Gasteiger partial charge in [0.15, 0.2) is 0 Å². The first-order valence-electron chi connectivity index (χ1n) is 4.28. The highest BCUT2D eigenvalue weighted by molar-refractivity contribution is 5.83. The average Bonchev–Trinajstić information content (AvgIpc) is 2.20. The molecule has 0 spiro atoms. The molecule has 0 bridgehead atoms. The summed E-state index contributed by atoms with van der Waals surface area (Å²) < 4.78 is 11.8. The van der Waals surface area contributed by atoms with Crippen LogP contribution >= 0.6 is 0 Å². The number of aromatic nitrogens is 1. The van der Waals surface area contributed by atoms with E-state index in [0.717, 1.165) is 16.5 Å². The summed E-state index contributed by atoms with van der Waals surface area (Å²) in [6.07, 6.45) is 3.16. The Bertz CT molecular complexity index is 535.